The number of methoxy groups -OCH3 is 1. The fraction of sp³-hybridized carbons (Fsp3) is 0.231. The molecule has 1 N–H and O–H groups in total. The Morgan fingerprint density at radius 1 is 1.37 bits per heavy atom. The first kappa shape index (κ1) is 13.4. The first-order valence-corrected chi connectivity index (χ1v) is 6.01. The van der Waals surface area contributed by atoms with Gasteiger partial charge in [-0.1, -0.05) is 23.7 Å². The number of ether oxygens (including phenoxy) is 1. The summed E-state index contributed by atoms with van der Waals surface area (Å²) < 4.78 is 6.06. The fourth-order valence-electron chi connectivity index (χ4n) is 1.83. The van der Waals surface area contributed by atoms with Crippen LogP contribution in [0.25, 0.3) is 0 Å². The quantitative estimate of drug-likeness (QED) is 0.871. The number of H-pyrrole nitrogens is 1. The maximum absolute atomic E-state index is 11.6. The molecule has 0 aliphatic heterocycles. The molecule has 100 valence electrons. The number of nitrogens with zero attached hydrogens (tertiary/aromatic N) is 1. The second-order valence-electron chi connectivity index (χ2n) is 4.11. The molecule has 0 fully saturated rings. The number of carbonyl (C=O) groups is 1. The Hall–Kier alpha value is -2.01. The van der Waals surface area contributed by atoms with Gasteiger partial charge in [0, 0.05) is 18.5 Å². The second kappa shape index (κ2) is 5.32. The summed E-state index contributed by atoms with van der Waals surface area (Å²) in [5, 5.41) is 0.639. The molecule has 19 heavy (non-hydrogen) atoms. The van der Waals surface area contributed by atoms with Gasteiger partial charge in [0.15, 0.2) is 0 Å². The van der Waals surface area contributed by atoms with Gasteiger partial charge in [0.05, 0.1) is 12.8 Å². The molecular weight excluding hydrogens is 268 g/mol. The zero-order valence-corrected chi connectivity index (χ0v) is 11.3. The third-order valence-corrected chi connectivity index (χ3v) is 3.16. The van der Waals surface area contributed by atoms with Crippen molar-refractivity contribution in [3.8, 4) is 0 Å². The number of rotatable bonds is 3. The van der Waals surface area contributed by atoms with E-state index in [0.29, 0.717) is 17.1 Å². The highest BCUT2D eigenvalue weighted by molar-refractivity contribution is 6.30. The Labute approximate surface area is 114 Å². The highest BCUT2D eigenvalue weighted by Gasteiger charge is 2.18. The van der Waals surface area contributed by atoms with Crippen molar-refractivity contribution in [3.63, 3.8) is 0 Å². The van der Waals surface area contributed by atoms with Crippen LogP contribution in [0.1, 0.15) is 21.7 Å². The van der Waals surface area contributed by atoms with E-state index in [4.69, 9.17) is 11.6 Å². The fourth-order valence-corrected chi connectivity index (χ4v) is 1.95. The van der Waals surface area contributed by atoms with E-state index < -0.39 is 5.97 Å². The first-order chi connectivity index (χ1) is 9.02. The number of aromatic nitrogens is 2. The summed E-state index contributed by atoms with van der Waals surface area (Å²) >= 11 is 5.82. The number of carbonyl (C=O) groups excluding carboxylic acids is 1. The van der Waals surface area contributed by atoms with Crippen molar-refractivity contribution in [2.75, 3.05) is 7.11 Å². The minimum atomic E-state index is -0.554. The molecule has 0 bridgehead atoms. The largest absolute Gasteiger partial charge is 0.464 e. The maximum Gasteiger partial charge on any atom is 0.356 e. The van der Waals surface area contributed by atoms with Crippen LogP contribution in [0.2, 0.25) is 5.02 Å². The van der Waals surface area contributed by atoms with E-state index in [9.17, 15) is 9.59 Å². The van der Waals surface area contributed by atoms with Gasteiger partial charge >= 0.3 is 11.7 Å². The van der Waals surface area contributed by atoms with Crippen LogP contribution in [0.3, 0.4) is 0 Å². The lowest BCUT2D eigenvalue weighted by atomic mass is 10.1. The number of imidazole rings is 1. The van der Waals surface area contributed by atoms with Gasteiger partial charge in [-0.2, -0.15) is 0 Å². The van der Waals surface area contributed by atoms with Gasteiger partial charge in [-0.15, -0.1) is 0 Å². The van der Waals surface area contributed by atoms with E-state index in [0.717, 1.165) is 5.56 Å². The molecule has 0 aliphatic carbocycles. The molecule has 1 heterocycles. The molecule has 0 unspecified atom stereocenters. The molecule has 0 atom stereocenters. The summed E-state index contributed by atoms with van der Waals surface area (Å²) in [6, 6.07) is 7.22. The Morgan fingerprint density at radius 2 is 2.00 bits per heavy atom. The summed E-state index contributed by atoms with van der Waals surface area (Å²) in [5.41, 5.74) is 1.37. The van der Waals surface area contributed by atoms with Crippen LogP contribution in [0, 0.1) is 0 Å². The minimum absolute atomic E-state index is 0.185. The lowest BCUT2D eigenvalue weighted by Gasteiger charge is -2.05. The highest BCUT2D eigenvalue weighted by atomic mass is 35.5. The molecule has 6 heteroatoms. The number of hydrogen-bond donors (Lipinski definition) is 1. The van der Waals surface area contributed by atoms with Gasteiger partial charge in [-0.3, -0.25) is 9.55 Å². The number of nitrogens with one attached hydrogen (secondary N) is 1. The van der Waals surface area contributed by atoms with Crippen LogP contribution in [-0.4, -0.2) is 22.6 Å². The Balaban J connectivity index is 2.41. The van der Waals surface area contributed by atoms with Crippen molar-refractivity contribution < 1.29 is 9.53 Å². The molecule has 0 amide bonds. The third-order valence-electron chi connectivity index (χ3n) is 2.90. The van der Waals surface area contributed by atoms with Crippen molar-refractivity contribution >= 4 is 17.6 Å². The predicted molar refractivity (Wildman–Crippen MR) is 71.6 cm³/mol. The van der Waals surface area contributed by atoms with Gasteiger partial charge < -0.3 is 4.74 Å². The van der Waals surface area contributed by atoms with E-state index in [2.05, 4.69) is 9.72 Å². The summed E-state index contributed by atoms with van der Waals surface area (Å²) in [7, 11) is 2.89. The molecule has 0 saturated carbocycles. The van der Waals surface area contributed by atoms with Crippen molar-refractivity contribution in [3.05, 3.63) is 56.7 Å². The molecular formula is C13H13ClN2O3. The van der Waals surface area contributed by atoms with Crippen LogP contribution >= 0.6 is 11.6 Å². The number of halogens is 1. The second-order valence-corrected chi connectivity index (χ2v) is 4.54. The normalized spacial score (nSPS) is 10.5. The van der Waals surface area contributed by atoms with E-state index in [1.54, 1.807) is 19.2 Å². The van der Waals surface area contributed by atoms with E-state index >= 15 is 0 Å². The first-order valence-electron chi connectivity index (χ1n) is 5.63. The monoisotopic (exact) mass is 280 g/mol. The van der Waals surface area contributed by atoms with Crippen molar-refractivity contribution in [1.82, 2.24) is 9.55 Å². The molecule has 1 aromatic heterocycles. The van der Waals surface area contributed by atoms with Crippen LogP contribution in [0.15, 0.2) is 29.1 Å². The van der Waals surface area contributed by atoms with E-state index in [1.165, 1.54) is 11.7 Å². The van der Waals surface area contributed by atoms with Crippen LogP contribution in [0.5, 0.6) is 0 Å². The topological polar surface area (TPSA) is 64.1 Å². The Morgan fingerprint density at radius 3 is 2.58 bits per heavy atom. The van der Waals surface area contributed by atoms with Crippen molar-refractivity contribution in [1.29, 1.82) is 0 Å². The molecule has 0 radical (unpaired) electrons. The van der Waals surface area contributed by atoms with Crippen LogP contribution < -0.4 is 5.69 Å². The lowest BCUT2D eigenvalue weighted by molar-refractivity contribution is 0.0593. The summed E-state index contributed by atoms with van der Waals surface area (Å²) in [6.07, 6.45) is 0.441. The van der Waals surface area contributed by atoms with Crippen LogP contribution in [0.4, 0.5) is 0 Å². The minimum Gasteiger partial charge on any atom is -0.464 e. The highest BCUT2D eigenvalue weighted by Crippen LogP contribution is 2.15. The number of hydrogen-bond acceptors (Lipinski definition) is 3. The average molecular weight is 281 g/mol. The van der Waals surface area contributed by atoms with Gasteiger partial charge in [0.2, 0.25) is 0 Å². The molecule has 2 rings (SSSR count). The standard InChI is InChI=1S/C13H13ClN2O3/c1-16-10(7-8-3-5-9(14)6-4-8)11(12(17)19-2)15-13(16)18/h3-6H,7H2,1-2H3,(H,15,18). The summed E-state index contributed by atoms with van der Waals surface area (Å²) in [4.78, 5) is 25.7. The Bertz CT molecular complexity index is 656. The average Bonchev–Trinajstić information content (AvgIpc) is 2.68. The van der Waals surface area contributed by atoms with Gasteiger partial charge in [0.25, 0.3) is 0 Å². The van der Waals surface area contributed by atoms with E-state index in [-0.39, 0.29) is 11.4 Å². The van der Waals surface area contributed by atoms with Crippen molar-refractivity contribution in [2.45, 2.75) is 6.42 Å². The summed E-state index contributed by atoms with van der Waals surface area (Å²) in [6.45, 7) is 0. The molecule has 5 nitrogen and oxygen atoms in total. The van der Waals surface area contributed by atoms with Gasteiger partial charge in [-0.25, -0.2) is 9.59 Å². The zero-order valence-electron chi connectivity index (χ0n) is 10.6. The Kier molecular flexibility index (Phi) is 3.76. The predicted octanol–water partition coefficient (Wildman–Crippen LogP) is 1.74. The van der Waals surface area contributed by atoms with E-state index in [1.807, 2.05) is 12.1 Å². The van der Waals surface area contributed by atoms with Gasteiger partial charge in [-0.05, 0) is 17.7 Å². The number of esters is 1. The smallest absolute Gasteiger partial charge is 0.356 e. The lowest BCUT2D eigenvalue weighted by Crippen LogP contribution is -2.14. The van der Waals surface area contributed by atoms with Crippen molar-refractivity contribution in [2.24, 2.45) is 7.05 Å². The molecule has 0 saturated heterocycles. The molecule has 2 aromatic rings. The number of benzene rings is 1. The molecule has 0 spiro atoms. The van der Waals surface area contributed by atoms with Gasteiger partial charge in [0.1, 0.15) is 5.69 Å². The maximum atomic E-state index is 11.6. The van der Waals surface area contributed by atoms with Crippen LogP contribution in [-0.2, 0) is 18.2 Å². The third kappa shape index (κ3) is 2.71. The molecule has 0 aliphatic rings. The number of aromatic amines is 1. The summed E-state index contributed by atoms with van der Waals surface area (Å²) in [5.74, 6) is -0.554. The molecule has 1 aromatic carbocycles. The zero-order chi connectivity index (χ0) is 14.0. The SMILES string of the molecule is COC(=O)c1[nH]c(=O)n(C)c1Cc1ccc(Cl)cc1.